The van der Waals surface area contributed by atoms with Gasteiger partial charge in [0.15, 0.2) is 0 Å². The summed E-state index contributed by atoms with van der Waals surface area (Å²) in [4.78, 5) is 0. The highest BCUT2D eigenvalue weighted by molar-refractivity contribution is 7.88. The highest BCUT2D eigenvalue weighted by Gasteiger charge is 2.47. The minimum Gasteiger partial charge on any atom is -0.322 e. The molecule has 0 saturated carbocycles. The van der Waals surface area contributed by atoms with Crippen LogP contribution in [0.25, 0.3) is 0 Å². The zero-order valence-electron chi connectivity index (χ0n) is 18.2. The van der Waals surface area contributed by atoms with Gasteiger partial charge < -0.3 is 31.7 Å². The first-order valence-corrected chi connectivity index (χ1v) is 17.1. The van der Waals surface area contributed by atoms with Crippen molar-refractivity contribution in [2.75, 3.05) is 57.4 Å². The minimum absolute atomic E-state index is 0.0560. The fourth-order valence-electron chi connectivity index (χ4n) is 2.62. The summed E-state index contributed by atoms with van der Waals surface area (Å²) in [7, 11) is -15.3. The smallest absolute Gasteiger partial charge is 0.322 e. The third kappa shape index (κ3) is 11.2. The SMILES string of the molecule is CCOP(=O)(CP(=O)(CP(=O)(OCC)OCC)CP(=O)(OCC)OCC)OCC. The van der Waals surface area contributed by atoms with Crippen molar-refractivity contribution in [2.45, 2.75) is 41.5 Å². The van der Waals surface area contributed by atoms with Crippen molar-refractivity contribution >= 4 is 29.9 Å². The summed E-state index contributed by atoms with van der Waals surface area (Å²) in [5, 5.41) is 0. The van der Waals surface area contributed by atoms with E-state index >= 15 is 0 Å². The van der Waals surface area contributed by atoms with E-state index in [1.54, 1.807) is 41.5 Å². The van der Waals surface area contributed by atoms with Crippen LogP contribution in [0.3, 0.4) is 0 Å². The summed E-state index contributed by atoms with van der Waals surface area (Å²) in [5.41, 5.74) is 0. The van der Waals surface area contributed by atoms with Crippen molar-refractivity contribution in [1.29, 1.82) is 0 Å². The largest absolute Gasteiger partial charge is 0.337 e. The highest BCUT2D eigenvalue weighted by atomic mass is 31.3. The molecule has 0 spiro atoms. The van der Waals surface area contributed by atoms with Crippen LogP contribution in [0.4, 0.5) is 0 Å². The molecule has 0 radical (unpaired) electrons. The van der Waals surface area contributed by atoms with Crippen molar-refractivity contribution in [2.24, 2.45) is 0 Å². The Hall–Kier alpha value is 0.680. The Bertz CT molecular complexity index is 537. The molecule has 0 heterocycles. The highest BCUT2D eigenvalue weighted by Crippen LogP contribution is 2.74. The van der Waals surface area contributed by atoms with E-state index in [9.17, 15) is 18.3 Å². The maximum Gasteiger partial charge on any atom is 0.337 e. The summed E-state index contributed by atoms with van der Waals surface area (Å²) in [5.74, 6) is -1.72. The van der Waals surface area contributed by atoms with Crippen LogP contribution < -0.4 is 0 Å². The van der Waals surface area contributed by atoms with Crippen LogP contribution in [0.15, 0.2) is 0 Å². The topological polar surface area (TPSA) is 124 Å². The van der Waals surface area contributed by atoms with Crippen LogP contribution in [0.1, 0.15) is 41.5 Å². The van der Waals surface area contributed by atoms with Crippen LogP contribution in [0, 0.1) is 0 Å². The van der Waals surface area contributed by atoms with E-state index in [2.05, 4.69) is 0 Å². The van der Waals surface area contributed by atoms with Crippen LogP contribution in [0.5, 0.6) is 0 Å². The molecule has 0 aliphatic heterocycles. The first-order chi connectivity index (χ1) is 13.5. The summed E-state index contributed by atoms with van der Waals surface area (Å²) < 4.78 is 84.6. The lowest BCUT2D eigenvalue weighted by Crippen LogP contribution is -2.11. The molecule has 176 valence electrons. The van der Waals surface area contributed by atoms with E-state index in [4.69, 9.17) is 27.1 Å². The first kappa shape index (κ1) is 29.7. The molecule has 14 heteroatoms. The summed E-state index contributed by atoms with van der Waals surface area (Å²) in [6.45, 7) is 10.0. The van der Waals surface area contributed by atoms with Gasteiger partial charge in [-0.15, -0.1) is 0 Å². The van der Waals surface area contributed by atoms with Crippen molar-refractivity contribution in [1.82, 2.24) is 0 Å². The number of hydrogen-bond donors (Lipinski definition) is 0. The van der Waals surface area contributed by atoms with E-state index in [1.807, 2.05) is 0 Å². The van der Waals surface area contributed by atoms with Crippen molar-refractivity contribution in [3.63, 3.8) is 0 Å². The molecule has 0 bridgehead atoms. The zero-order valence-corrected chi connectivity index (χ0v) is 21.8. The standard InChI is InChI=1S/C15H36O10P4/c1-7-20-27(17,21-8-2)13-26(16,14-28(18,22-9-3)23-10-4)15-29(19,24-11-5)25-12-6/h7-15H2,1-6H3. The second-order valence-electron chi connectivity index (χ2n) is 5.82. The van der Waals surface area contributed by atoms with Crippen molar-refractivity contribution < 1.29 is 45.4 Å². The zero-order chi connectivity index (χ0) is 22.6. The van der Waals surface area contributed by atoms with E-state index in [-0.39, 0.29) is 39.6 Å². The molecule has 10 nitrogen and oxygen atoms in total. The minimum atomic E-state index is -3.82. The molecule has 0 amide bonds. The van der Waals surface area contributed by atoms with Crippen LogP contribution in [-0.2, 0) is 45.4 Å². The lowest BCUT2D eigenvalue weighted by Gasteiger charge is -2.29. The molecule has 0 fully saturated rings. The summed E-state index contributed by atoms with van der Waals surface area (Å²) >= 11 is 0. The van der Waals surface area contributed by atoms with E-state index in [1.165, 1.54) is 0 Å². The van der Waals surface area contributed by atoms with E-state index in [0.29, 0.717) is 0 Å². The fourth-order valence-corrected chi connectivity index (χ4v) is 18.2. The molecule has 0 rings (SSSR count). The molecule has 0 aliphatic rings. The van der Waals surface area contributed by atoms with Gasteiger partial charge in [0.2, 0.25) is 0 Å². The molecular weight excluding hydrogens is 464 g/mol. The van der Waals surface area contributed by atoms with Gasteiger partial charge in [-0.1, -0.05) is 0 Å². The van der Waals surface area contributed by atoms with Gasteiger partial charge in [0.05, 0.1) is 39.6 Å². The quantitative estimate of drug-likeness (QED) is 0.206. The Kier molecular flexibility index (Phi) is 14.3. The summed E-state index contributed by atoms with van der Waals surface area (Å²) in [6.07, 6.45) is 0. The van der Waals surface area contributed by atoms with Crippen LogP contribution in [-0.4, -0.2) is 57.4 Å². The Labute approximate surface area is 174 Å². The van der Waals surface area contributed by atoms with E-state index < -0.39 is 47.6 Å². The Morgan fingerprint density at radius 2 is 0.586 bits per heavy atom. The third-order valence-corrected chi connectivity index (χ3v) is 17.5. The van der Waals surface area contributed by atoms with Gasteiger partial charge in [-0.25, -0.2) is 0 Å². The number of hydrogen-bond acceptors (Lipinski definition) is 10. The second kappa shape index (κ2) is 14.0. The average molecular weight is 500 g/mol. The maximum atomic E-state index is 13.9. The van der Waals surface area contributed by atoms with Gasteiger partial charge in [-0.3, -0.25) is 13.7 Å². The van der Waals surface area contributed by atoms with E-state index in [0.717, 1.165) is 0 Å². The average Bonchev–Trinajstić information content (AvgIpc) is 2.54. The van der Waals surface area contributed by atoms with Gasteiger partial charge >= 0.3 is 22.8 Å². The lowest BCUT2D eigenvalue weighted by atomic mass is 10.9. The first-order valence-electron chi connectivity index (χ1n) is 9.70. The maximum absolute atomic E-state index is 13.9. The van der Waals surface area contributed by atoms with Crippen LogP contribution in [0.2, 0.25) is 0 Å². The second-order valence-corrected chi connectivity index (χ2v) is 16.5. The number of rotatable bonds is 18. The van der Waals surface area contributed by atoms with Crippen molar-refractivity contribution in [3.8, 4) is 0 Å². The molecule has 0 saturated heterocycles. The molecule has 0 aromatic heterocycles. The lowest BCUT2D eigenvalue weighted by molar-refractivity contribution is 0.222. The monoisotopic (exact) mass is 500 g/mol. The van der Waals surface area contributed by atoms with Gasteiger partial charge in [0, 0.05) is 0 Å². The molecule has 0 aliphatic carbocycles. The summed E-state index contributed by atoms with van der Waals surface area (Å²) in [6, 6.07) is 0. The molecule has 0 N–H and O–H groups in total. The third-order valence-electron chi connectivity index (χ3n) is 3.25. The predicted molar refractivity (Wildman–Crippen MR) is 115 cm³/mol. The Morgan fingerprint density at radius 3 is 0.724 bits per heavy atom. The van der Waals surface area contributed by atoms with Gasteiger partial charge in [0.25, 0.3) is 0 Å². The van der Waals surface area contributed by atoms with Crippen molar-refractivity contribution in [3.05, 3.63) is 0 Å². The van der Waals surface area contributed by atoms with Crippen LogP contribution >= 0.6 is 29.9 Å². The Balaban J connectivity index is 6.13. The van der Waals surface area contributed by atoms with Gasteiger partial charge in [-0.2, -0.15) is 0 Å². The molecular formula is C15H36O10P4. The molecule has 0 aromatic rings. The molecule has 29 heavy (non-hydrogen) atoms. The van der Waals surface area contributed by atoms with Gasteiger partial charge in [-0.05, 0) is 41.5 Å². The Morgan fingerprint density at radius 1 is 0.414 bits per heavy atom. The molecule has 0 atom stereocenters. The predicted octanol–water partition coefficient (Wildman–Crippen LogP) is 6.02. The molecule has 0 unspecified atom stereocenters. The molecule has 0 aromatic carbocycles. The normalized spacial score (nSPS) is 13.7. The van der Waals surface area contributed by atoms with Gasteiger partial charge in [0.1, 0.15) is 24.9 Å². The fraction of sp³-hybridized carbons (Fsp3) is 1.00.